The molecular weight excluding hydrogens is 386 g/mol. The van der Waals surface area contributed by atoms with Crippen molar-refractivity contribution in [2.24, 2.45) is 0 Å². The predicted molar refractivity (Wildman–Crippen MR) is 112 cm³/mol. The maximum Gasteiger partial charge on any atom is 0.407 e. The van der Waals surface area contributed by atoms with Crippen LogP contribution >= 0.6 is 11.3 Å². The number of carbonyl (C=O) groups excluding carboxylic acids is 1. The Kier molecular flexibility index (Phi) is 5.36. The Hall–Kier alpha value is -3.12. The summed E-state index contributed by atoms with van der Waals surface area (Å²) in [5.74, 6) is -1.14. The van der Waals surface area contributed by atoms with Gasteiger partial charge in [-0.15, -0.1) is 11.3 Å². The van der Waals surface area contributed by atoms with Crippen LogP contribution in [0, 0.1) is 6.92 Å². The van der Waals surface area contributed by atoms with Crippen LogP contribution in [-0.4, -0.2) is 29.8 Å². The van der Waals surface area contributed by atoms with E-state index in [9.17, 15) is 14.7 Å². The van der Waals surface area contributed by atoms with Crippen molar-refractivity contribution in [1.82, 2.24) is 5.32 Å². The molecule has 4 rings (SSSR count). The second kappa shape index (κ2) is 8.09. The number of thiophene rings is 1. The zero-order valence-electron chi connectivity index (χ0n) is 15.9. The molecule has 29 heavy (non-hydrogen) atoms. The quantitative estimate of drug-likeness (QED) is 0.627. The van der Waals surface area contributed by atoms with Crippen LogP contribution in [-0.2, 0) is 16.0 Å². The number of hydrogen-bond acceptors (Lipinski definition) is 4. The molecule has 1 aliphatic rings. The van der Waals surface area contributed by atoms with Crippen LogP contribution in [0.15, 0.2) is 60.0 Å². The Bertz CT molecular complexity index is 1010. The molecule has 1 aromatic heterocycles. The fourth-order valence-electron chi connectivity index (χ4n) is 3.78. The van der Waals surface area contributed by atoms with Crippen LogP contribution in [0.5, 0.6) is 0 Å². The first kappa shape index (κ1) is 19.2. The molecule has 0 bridgehead atoms. The van der Waals surface area contributed by atoms with Gasteiger partial charge in [-0.1, -0.05) is 48.5 Å². The summed E-state index contributed by atoms with van der Waals surface area (Å²) in [4.78, 5) is 24.9. The zero-order valence-corrected chi connectivity index (χ0v) is 16.7. The summed E-state index contributed by atoms with van der Waals surface area (Å²) in [6.07, 6.45) is -0.475. The molecule has 0 radical (unpaired) electrons. The molecule has 0 saturated heterocycles. The highest BCUT2D eigenvalue weighted by Gasteiger charge is 2.30. The molecular formula is C23H21NO4S. The predicted octanol–water partition coefficient (Wildman–Crippen LogP) is 4.59. The molecule has 0 aliphatic heterocycles. The first-order valence-corrected chi connectivity index (χ1v) is 10.3. The van der Waals surface area contributed by atoms with Gasteiger partial charge in [-0.3, -0.25) is 0 Å². The third-order valence-corrected chi connectivity index (χ3v) is 6.34. The number of amides is 1. The number of rotatable bonds is 6. The standard InChI is InChI=1S/C23H21NO4S/c1-14-10-11-29-21(14)12-20(22(25)26)24-23(27)28-13-19-17-8-4-2-6-15(17)16-7-3-5-9-18(16)19/h2-11,19-20H,12-13H2,1H3,(H,24,27)(H,25,26). The highest BCUT2D eigenvalue weighted by Crippen LogP contribution is 2.44. The Labute approximate surface area is 173 Å². The van der Waals surface area contributed by atoms with Crippen molar-refractivity contribution in [3.63, 3.8) is 0 Å². The van der Waals surface area contributed by atoms with Crippen LogP contribution in [0.2, 0.25) is 0 Å². The highest BCUT2D eigenvalue weighted by atomic mass is 32.1. The molecule has 5 nitrogen and oxygen atoms in total. The van der Waals surface area contributed by atoms with E-state index in [1.165, 1.54) is 11.3 Å². The molecule has 1 unspecified atom stereocenters. The molecule has 0 fully saturated rings. The second-order valence-electron chi connectivity index (χ2n) is 7.09. The Morgan fingerprint density at radius 1 is 1.07 bits per heavy atom. The number of aryl methyl sites for hydroxylation is 1. The van der Waals surface area contributed by atoms with E-state index in [1.807, 2.05) is 54.8 Å². The minimum absolute atomic E-state index is 0.0593. The topological polar surface area (TPSA) is 75.6 Å². The molecule has 0 spiro atoms. The summed E-state index contributed by atoms with van der Waals surface area (Å²) in [5.41, 5.74) is 5.55. The number of carbonyl (C=O) groups is 2. The summed E-state index contributed by atoms with van der Waals surface area (Å²) in [7, 11) is 0. The smallest absolute Gasteiger partial charge is 0.407 e. The third kappa shape index (κ3) is 3.89. The molecule has 1 heterocycles. The van der Waals surface area contributed by atoms with E-state index in [1.54, 1.807) is 0 Å². The van der Waals surface area contributed by atoms with Crippen LogP contribution < -0.4 is 5.32 Å². The fraction of sp³-hybridized carbons (Fsp3) is 0.217. The third-order valence-electron chi connectivity index (χ3n) is 5.29. The van der Waals surface area contributed by atoms with E-state index in [4.69, 9.17) is 4.74 Å². The van der Waals surface area contributed by atoms with E-state index in [0.717, 1.165) is 32.7 Å². The number of carboxylic acids is 1. The number of nitrogens with one attached hydrogen (secondary N) is 1. The van der Waals surface area contributed by atoms with E-state index in [2.05, 4.69) is 17.4 Å². The molecule has 1 aliphatic carbocycles. The number of carboxylic acid groups (broad SMARTS) is 1. The lowest BCUT2D eigenvalue weighted by Crippen LogP contribution is -2.42. The molecule has 3 aromatic rings. The van der Waals surface area contributed by atoms with Crippen molar-refractivity contribution in [1.29, 1.82) is 0 Å². The molecule has 148 valence electrons. The van der Waals surface area contributed by atoms with Crippen LogP contribution in [0.4, 0.5) is 4.79 Å². The number of alkyl carbamates (subject to hydrolysis) is 1. The van der Waals surface area contributed by atoms with Gasteiger partial charge in [0.1, 0.15) is 12.6 Å². The van der Waals surface area contributed by atoms with Gasteiger partial charge in [0.2, 0.25) is 0 Å². The monoisotopic (exact) mass is 407 g/mol. The molecule has 1 atom stereocenters. The largest absolute Gasteiger partial charge is 0.480 e. The van der Waals surface area contributed by atoms with Crippen molar-refractivity contribution in [3.8, 4) is 11.1 Å². The minimum atomic E-state index is -1.08. The SMILES string of the molecule is Cc1ccsc1CC(NC(=O)OCC1c2ccccc2-c2ccccc21)C(=O)O. The Morgan fingerprint density at radius 3 is 2.24 bits per heavy atom. The van der Waals surface area contributed by atoms with Gasteiger partial charge in [-0.2, -0.15) is 0 Å². The van der Waals surface area contributed by atoms with Crippen molar-refractivity contribution >= 4 is 23.4 Å². The van der Waals surface area contributed by atoms with E-state index < -0.39 is 18.1 Å². The molecule has 1 amide bonds. The summed E-state index contributed by atoms with van der Waals surface area (Å²) < 4.78 is 5.46. The van der Waals surface area contributed by atoms with Crippen molar-refractivity contribution in [2.75, 3.05) is 6.61 Å². The minimum Gasteiger partial charge on any atom is -0.480 e. The summed E-state index contributed by atoms with van der Waals surface area (Å²) in [5, 5.41) is 13.9. The lowest BCUT2D eigenvalue weighted by Gasteiger charge is -2.17. The first-order valence-electron chi connectivity index (χ1n) is 9.42. The number of benzene rings is 2. The van der Waals surface area contributed by atoms with Crippen molar-refractivity contribution in [3.05, 3.63) is 81.5 Å². The van der Waals surface area contributed by atoms with Gasteiger partial charge < -0.3 is 15.2 Å². The van der Waals surface area contributed by atoms with Gasteiger partial charge in [-0.25, -0.2) is 9.59 Å². The van der Waals surface area contributed by atoms with Gasteiger partial charge in [-0.05, 0) is 46.2 Å². The van der Waals surface area contributed by atoms with E-state index >= 15 is 0 Å². The molecule has 0 saturated carbocycles. The van der Waals surface area contributed by atoms with Crippen molar-refractivity contribution < 1.29 is 19.4 Å². The average molecular weight is 407 g/mol. The number of fused-ring (bicyclic) bond motifs is 3. The van der Waals surface area contributed by atoms with Gasteiger partial charge in [0, 0.05) is 17.2 Å². The highest BCUT2D eigenvalue weighted by molar-refractivity contribution is 7.10. The molecule has 6 heteroatoms. The van der Waals surface area contributed by atoms with E-state index in [-0.39, 0.29) is 18.9 Å². The summed E-state index contributed by atoms with van der Waals surface area (Å²) in [6.45, 7) is 2.09. The maximum atomic E-state index is 12.4. The van der Waals surface area contributed by atoms with Gasteiger partial charge in [0.05, 0.1) is 0 Å². The normalized spacial score (nSPS) is 13.4. The lowest BCUT2D eigenvalue weighted by molar-refractivity contribution is -0.139. The number of aliphatic carboxylic acids is 1. The van der Waals surface area contributed by atoms with Crippen LogP contribution in [0.1, 0.15) is 27.5 Å². The first-order chi connectivity index (χ1) is 14.0. The maximum absolute atomic E-state index is 12.4. The average Bonchev–Trinajstić information content (AvgIpc) is 3.27. The fourth-order valence-corrected chi connectivity index (χ4v) is 4.73. The van der Waals surface area contributed by atoms with Crippen molar-refractivity contribution in [2.45, 2.75) is 25.3 Å². The molecule has 2 N–H and O–H groups in total. The number of ether oxygens (including phenoxy) is 1. The van der Waals surface area contributed by atoms with Crippen LogP contribution in [0.25, 0.3) is 11.1 Å². The summed E-state index contributed by atoms with van der Waals surface area (Å²) >= 11 is 1.49. The lowest BCUT2D eigenvalue weighted by atomic mass is 9.98. The Morgan fingerprint density at radius 2 is 1.69 bits per heavy atom. The molecule has 2 aromatic carbocycles. The van der Waals surface area contributed by atoms with Gasteiger partial charge in [0.25, 0.3) is 0 Å². The summed E-state index contributed by atoms with van der Waals surface area (Å²) in [6, 6.07) is 17.1. The van der Waals surface area contributed by atoms with Gasteiger partial charge >= 0.3 is 12.1 Å². The number of hydrogen-bond donors (Lipinski definition) is 2. The second-order valence-corrected chi connectivity index (χ2v) is 8.09. The Balaban J connectivity index is 1.44. The zero-order chi connectivity index (χ0) is 20.4. The van der Waals surface area contributed by atoms with E-state index in [0.29, 0.717) is 0 Å². The van der Waals surface area contributed by atoms with Crippen LogP contribution in [0.3, 0.4) is 0 Å². The van der Waals surface area contributed by atoms with Gasteiger partial charge in [0.15, 0.2) is 0 Å².